The first kappa shape index (κ1) is 11.5. The Kier molecular flexibility index (Phi) is 3.61. The zero-order valence-corrected chi connectivity index (χ0v) is 9.65. The molecule has 0 aromatic carbocycles. The van der Waals surface area contributed by atoms with Crippen LogP contribution in [0.1, 0.15) is 15.5 Å². The van der Waals surface area contributed by atoms with Gasteiger partial charge >= 0.3 is 5.97 Å². The van der Waals surface area contributed by atoms with Crippen LogP contribution in [-0.4, -0.2) is 32.8 Å². The molecule has 6 nitrogen and oxygen atoms in total. The summed E-state index contributed by atoms with van der Waals surface area (Å²) in [6.07, 6.45) is 2.57. The molecule has 2 aromatic heterocycles. The molecule has 0 amide bonds. The molecule has 17 heavy (non-hydrogen) atoms. The molecular formula is C10H10N4O2S. The van der Waals surface area contributed by atoms with Crippen LogP contribution in [0.3, 0.4) is 0 Å². The number of nitrogens with one attached hydrogen (secondary N) is 1. The number of aromatic nitrogens is 3. The number of aromatic carboxylic acids is 1. The molecule has 0 saturated carbocycles. The highest BCUT2D eigenvalue weighted by Crippen LogP contribution is 2.06. The van der Waals surface area contributed by atoms with Crippen molar-refractivity contribution in [1.29, 1.82) is 0 Å². The minimum absolute atomic E-state index is 0.0597. The van der Waals surface area contributed by atoms with Crippen LogP contribution in [0.15, 0.2) is 23.7 Å². The maximum absolute atomic E-state index is 10.6. The van der Waals surface area contributed by atoms with E-state index in [9.17, 15) is 4.79 Å². The molecule has 0 bridgehead atoms. The van der Waals surface area contributed by atoms with Gasteiger partial charge in [0.15, 0.2) is 5.69 Å². The number of nitrogens with zero attached hydrogens (tertiary/aromatic N) is 3. The average Bonchev–Trinajstić information content (AvgIpc) is 2.83. The molecule has 0 aliphatic heterocycles. The van der Waals surface area contributed by atoms with Gasteiger partial charge in [0.05, 0.1) is 5.01 Å². The Morgan fingerprint density at radius 1 is 1.41 bits per heavy atom. The average molecular weight is 250 g/mol. The van der Waals surface area contributed by atoms with Crippen molar-refractivity contribution >= 4 is 23.1 Å². The number of hydrogen-bond acceptors (Lipinski definition) is 6. The third kappa shape index (κ3) is 3.22. The highest BCUT2D eigenvalue weighted by atomic mass is 32.1. The SMILES string of the molecule is O=C(O)c1ccc(NCCc2nccs2)nn1. The predicted molar refractivity (Wildman–Crippen MR) is 63.3 cm³/mol. The molecule has 2 aromatic rings. The van der Waals surface area contributed by atoms with Crippen LogP contribution < -0.4 is 5.32 Å². The van der Waals surface area contributed by atoms with Crippen molar-refractivity contribution in [3.05, 3.63) is 34.4 Å². The van der Waals surface area contributed by atoms with Crippen molar-refractivity contribution in [2.75, 3.05) is 11.9 Å². The van der Waals surface area contributed by atoms with E-state index in [1.807, 2.05) is 5.38 Å². The molecule has 0 aliphatic rings. The van der Waals surface area contributed by atoms with Crippen LogP contribution in [0.25, 0.3) is 0 Å². The van der Waals surface area contributed by atoms with Gasteiger partial charge < -0.3 is 10.4 Å². The number of carboxylic acid groups (broad SMARTS) is 1. The summed E-state index contributed by atoms with van der Waals surface area (Å²) in [6.45, 7) is 0.689. The number of rotatable bonds is 5. The van der Waals surface area contributed by atoms with Gasteiger partial charge in [0, 0.05) is 24.5 Å². The van der Waals surface area contributed by atoms with Gasteiger partial charge in [-0.2, -0.15) is 0 Å². The van der Waals surface area contributed by atoms with Crippen LogP contribution in [-0.2, 0) is 6.42 Å². The van der Waals surface area contributed by atoms with Gasteiger partial charge in [0.2, 0.25) is 0 Å². The number of hydrogen-bond donors (Lipinski definition) is 2. The fourth-order valence-electron chi connectivity index (χ4n) is 1.21. The van der Waals surface area contributed by atoms with Gasteiger partial charge in [0.1, 0.15) is 5.82 Å². The second-order valence-electron chi connectivity index (χ2n) is 3.21. The molecule has 0 fully saturated rings. The summed E-state index contributed by atoms with van der Waals surface area (Å²) in [6, 6.07) is 3.01. The molecule has 7 heteroatoms. The molecule has 2 N–H and O–H groups in total. The number of anilines is 1. The standard InChI is InChI=1S/C10H10N4O2S/c15-10(16)7-1-2-8(14-13-7)11-4-3-9-12-5-6-17-9/h1-2,5-6H,3-4H2,(H,11,14)(H,15,16). The number of carbonyl (C=O) groups is 1. The van der Waals surface area contributed by atoms with Crippen LogP contribution >= 0.6 is 11.3 Å². The van der Waals surface area contributed by atoms with Gasteiger partial charge in [-0.3, -0.25) is 0 Å². The molecule has 0 spiro atoms. The van der Waals surface area contributed by atoms with Crippen molar-refractivity contribution in [1.82, 2.24) is 15.2 Å². The molecule has 2 rings (SSSR count). The molecule has 0 aliphatic carbocycles. The lowest BCUT2D eigenvalue weighted by Gasteiger charge is -2.02. The Bertz CT molecular complexity index is 484. The highest BCUT2D eigenvalue weighted by Gasteiger charge is 2.04. The summed E-state index contributed by atoms with van der Waals surface area (Å²) in [4.78, 5) is 14.7. The first-order valence-electron chi connectivity index (χ1n) is 4.95. The minimum atomic E-state index is -1.08. The molecular weight excluding hydrogens is 240 g/mol. The van der Waals surface area contributed by atoms with Gasteiger partial charge in [-0.15, -0.1) is 21.5 Å². The number of thiazole rings is 1. The summed E-state index contributed by atoms with van der Waals surface area (Å²) in [7, 11) is 0. The van der Waals surface area contributed by atoms with E-state index in [0.717, 1.165) is 11.4 Å². The topological polar surface area (TPSA) is 88.0 Å². The molecule has 2 heterocycles. The lowest BCUT2D eigenvalue weighted by Crippen LogP contribution is -2.08. The Labute approximate surface area is 101 Å². The number of carboxylic acids is 1. The third-order valence-electron chi connectivity index (χ3n) is 2.01. The van der Waals surface area contributed by atoms with E-state index >= 15 is 0 Å². The van der Waals surface area contributed by atoms with E-state index in [0.29, 0.717) is 12.4 Å². The van der Waals surface area contributed by atoms with Crippen molar-refractivity contribution < 1.29 is 9.90 Å². The summed E-state index contributed by atoms with van der Waals surface area (Å²) >= 11 is 1.60. The van der Waals surface area contributed by atoms with Crippen LogP contribution in [0.2, 0.25) is 0 Å². The molecule has 0 saturated heterocycles. The van der Waals surface area contributed by atoms with Crippen molar-refractivity contribution in [2.45, 2.75) is 6.42 Å². The fraction of sp³-hybridized carbons (Fsp3) is 0.200. The fourth-order valence-corrected chi connectivity index (χ4v) is 1.83. The Morgan fingerprint density at radius 2 is 2.29 bits per heavy atom. The zero-order chi connectivity index (χ0) is 12.1. The molecule has 0 radical (unpaired) electrons. The van der Waals surface area contributed by atoms with Crippen molar-refractivity contribution in [3.8, 4) is 0 Å². The first-order valence-corrected chi connectivity index (χ1v) is 5.83. The second kappa shape index (κ2) is 5.35. The van der Waals surface area contributed by atoms with Crippen LogP contribution in [0.5, 0.6) is 0 Å². The predicted octanol–water partition coefficient (Wildman–Crippen LogP) is 1.29. The van der Waals surface area contributed by atoms with Crippen LogP contribution in [0.4, 0.5) is 5.82 Å². The third-order valence-corrected chi connectivity index (χ3v) is 2.85. The smallest absolute Gasteiger partial charge is 0.356 e. The second-order valence-corrected chi connectivity index (χ2v) is 4.19. The lowest BCUT2D eigenvalue weighted by atomic mass is 10.4. The monoisotopic (exact) mass is 250 g/mol. The molecule has 0 atom stereocenters. The van der Waals surface area contributed by atoms with Gasteiger partial charge in [-0.25, -0.2) is 9.78 Å². The summed E-state index contributed by atoms with van der Waals surface area (Å²) < 4.78 is 0. The summed E-state index contributed by atoms with van der Waals surface area (Å²) in [5, 5.41) is 22.0. The summed E-state index contributed by atoms with van der Waals surface area (Å²) in [5.41, 5.74) is -0.0597. The largest absolute Gasteiger partial charge is 0.476 e. The van der Waals surface area contributed by atoms with E-state index in [1.165, 1.54) is 6.07 Å². The van der Waals surface area contributed by atoms with Crippen molar-refractivity contribution in [2.24, 2.45) is 0 Å². The Hall–Kier alpha value is -2.02. The van der Waals surface area contributed by atoms with Gasteiger partial charge in [0.25, 0.3) is 0 Å². The molecule has 0 unspecified atom stereocenters. The zero-order valence-electron chi connectivity index (χ0n) is 8.83. The van der Waals surface area contributed by atoms with Gasteiger partial charge in [-0.1, -0.05) is 0 Å². The van der Waals surface area contributed by atoms with E-state index in [4.69, 9.17) is 5.11 Å². The molecule has 88 valence electrons. The maximum atomic E-state index is 10.6. The lowest BCUT2D eigenvalue weighted by molar-refractivity contribution is 0.0689. The van der Waals surface area contributed by atoms with E-state index in [2.05, 4.69) is 20.5 Å². The quantitative estimate of drug-likeness (QED) is 0.831. The van der Waals surface area contributed by atoms with Crippen LogP contribution in [0, 0.1) is 0 Å². The maximum Gasteiger partial charge on any atom is 0.356 e. The van der Waals surface area contributed by atoms with Crippen molar-refractivity contribution in [3.63, 3.8) is 0 Å². The first-order chi connectivity index (χ1) is 8.25. The highest BCUT2D eigenvalue weighted by molar-refractivity contribution is 7.09. The summed E-state index contributed by atoms with van der Waals surface area (Å²) in [5.74, 6) is -0.515. The van der Waals surface area contributed by atoms with Gasteiger partial charge in [-0.05, 0) is 12.1 Å². The van der Waals surface area contributed by atoms with E-state index in [-0.39, 0.29) is 5.69 Å². The van der Waals surface area contributed by atoms with E-state index in [1.54, 1.807) is 23.6 Å². The van der Waals surface area contributed by atoms with E-state index < -0.39 is 5.97 Å². The Balaban J connectivity index is 1.85. The normalized spacial score (nSPS) is 10.1. The minimum Gasteiger partial charge on any atom is -0.476 e. The Morgan fingerprint density at radius 3 is 2.88 bits per heavy atom.